The van der Waals surface area contributed by atoms with Gasteiger partial charge < -0.3 is 30.5 Å². The Bertz CT molecular complexity index is 1500. The number of rotatable bonds is 7. The van der Waals surface area contributed by atoms with Crippen molar-refractivity contribution < 1.29 is 42.1 Å². The molecule has 234 valence electrons. The van der Waals surface area contributed by atoms with Crippen LogP contribution in [-0.4, -0.2) is 65.7 Å². The van der Waals surface area contributed by atoms with Gasteiger partial charge >= 0.3 is 18.1 Å². The fourth-order valence-electron chi connectivity index (χ4n) is 4.84. The van der Waals surface area contributed by atoms with E-state index in [1.807, 2.05) is 29.2 Å². The molecular formula is C31H32F4N4O5. The van der Waals surface area contributed by atoms with Crippen molar-refractivity contribution in [1.29, 1.82) is 0 Å². The number of piperazine rings is 1. The highest BCUT2D eigenvalue weighted by Crippen LogP contribution is 2.38. The number of methoxy groups -OCH3 is 1. The lowest BCUT2D eigenvalue weighted by atomic mass is 10.0. The minimum absolute atomic E-state index is 0.112. The Hall–Kier alpha value is -4.65. The number of benzene rings is 3. The van der Waals surface area contributed by atoms with E-state index in [1.54, 1.807) is 13.2 Å². The summed E-state index contributed by atoms with van der Waals surface area (Å²) in [6.45, 7) is 1.79. The van der Waals surface area contributed by atoms with Crippen molar-refractivity contribution in [2.24, 2.45) is 4.99 Å². The van der Waals surface area contributed by atoms with Gasteiger partial charge in [0.2, 0.25) is 0 Å². The van der Waals surface area contributed by atoms with Gasteiger partial charge in [0.25, 0.3) is 0 Å². The second-order valence-electron chi connectivity index (χ2n) is 10.3. The van der Waals surface area contributed by atoms with E-state index in [9.17, 15) is 27.2 Å². The lowest BCUT2D eigenvalue weighted by Gasteiger charge is -2.36. The molecule has 1 fully saturated rings. The molecule has 9 nitrogen and oxygen atoms in total. The Kier molecular flexibility index (Phi) is 10.4. The third-order valence-corrected chi connectivity index (χ3v) is 7.09. The summed E-state index contributed by atoms with van der Waals surface area (Å²) in [6.07, 6.45) is -3.40. The Morgan fingerprint density at radius 2 is 1.68 bits per heavy atom. The van der Waals surface area contributed by atoms with Crippen molar-refractivity contribution in [3.63, 3.8) is 0 Å². The van der Waals surface area contributed by atoms with Crippen molar-refractivity contribution in [3.05, 3.63) is 83.2 Å². The summed E-state index contributed by atoms with van der Waals surface area (Å²) in [6, 6.07) is 15.7. The van der Waals surface area contributed by atoms with Crippen LogP contribution in [0.25, 0.3) is 0 Å². The van der Waals surface area contributed by atoms with Gasteiger partial charge in [-0.2, -0.15) is 13.2 Å². The first-order chi connectivity index (χ1) is 20.9. The molecule has 4 N–H and O–H groups in total. The number of aliphatic imine (C=N–C) groups is 1. The molecule has 0 spiro atoms. The van der Waals surface area contributed by atoms with Crippen LogP contribution in [0.4, 0.5) is 34.6 Å². The highest BCUT2D eigenvalue weighted by Gasteiger charge is 2.33. The molecule has 3 aromatic carbocycles. The average Bonchev–Trinajstić information content (AvgIpc) is 3.15. The molecule has 1 unspecified atom stereocenters. The number of halogens is 4. The number of alkyl halides is 3. The minimum atomic E-state index is -4.49. The van der Waals surface area contributed by atoms with Gasteiger partial charge in [-0.25, -0.2) is 9.38 Å². The van der Waals surface area contributed by atoms with E-state index in [4.69, 9.17) is 19.9 Å². The number of carboxylic acid groups (broad SMARTS) is 2. The minimum Gasteiger partial charge on any atom is -0.497 e. The van der Waals surface area contributed by atoms with Gasteiger partial charge in [-0.1, -0.05) is 12.1 Å². The van der Waals surface area contributed by atoms with Crippen LogP contribution in [0.2, 0.25) is 0 Å². The van der Waals surface area contributed by atoms with Gasteiger partial charge in [-0.15, -0.1) is 0 Å². The summed E-state index contributed by atoms with van der Waals surface area (Å²) in [5.41, 5.74) is 2.16. The molecule has 44 heavy (non-hydrogen) atoms. The number of hydrogen-bond acceptors (Lipinski definition) is 7. The standard InChI is InChI=1S/C27H26F4N4O.C4H6O4/c1-36-21-8-3-17(4-9-21)2-7-20-16-35(13-12-32-20)26-22-14-18(27(29,30)31)5-10-23(22)33-24-11-6-19(28)15-25(24)34-26;5-3(6)1-2-4(7)8/h3-6,8-11,14-15,20,32-33H,2,7,12-13,16H2,1H3;1-2H2,(H,5,6)(H,7,8). The zero-order chi connectivity index (χ0) is 31.9. The molecule has 2 aliphatic heterocycles. The average molecular weight is 617 g/mol. The predicted molar refractivity (Wildman–Crippen MR) is 157 cm³/mol. The molecule has 13 heteroatoms. The molecule has 0 amide bonds. The SMILES string of the molecule is COc1ccc(CCC2CN(C3=Nc4cc(F)ccc4Nc4ccc(C(F)(F)F)cc43)CCN2)cc1.O=C(O)CCC(=O)O. The van der Waals surface area contributed by atoms with E-state index in [-0.39, 0.29) is 18.9 Å². The van der Waals surface area contributed by atoms with Gasteiger partial charge in [-0.05, 0) is 60.9 Å². The first-order valence-electron chi connectivity index (χ1n) is 13.8. The van der Waals surface area contributed by atoms with Gasteiger partial charge in [0.1, 0.15) is 17.4 Å². The summed E-state index contributed by atoms with van der Waals surface area (Å²) in [7, 11) is 1.63. The van der Waals surface area contributed by atoms with Crippen LogP contribution < -0.4 is 15.4 Å². The largest absolute Gasteiger partial charge is 0.497 e. The second-order valence-corrected chi connectivity index (χ2v) is 10.3. The Morgan fingerprint density at radius 3 is 2.32 bits per heavy atom. The zero-order valence-corrected chi connectivity index (χ0v) is 23.8. The molecule has 2 aliphatic rings. The predicted octanol–water partition coefficient (Wildman–Crippen LogP) is 5.83. The van der Waals surface area contributed by atoms with E-state index in [0.717, 1.165) is 30.7 Å². The molecule has 5 rings (SSSR count). The summed E-state index contributed by atoms with van der Waals surface area (Å²) in [4.78, 5) is 26.0. The van der Waals surface area contributed by atoms with E-state index in [0.29, 0.717) is 48.1 Å². The number of fused-ring (bicyclic) bond motifs is 2. The molecule has 0 bridgehead atoms. The summed E-state index contributed by atoms with van der Waals surface area (Å²) >= 11 is 0. The summed E-state index contributed by atoms with van der Waals surface area (Å²) < 4.78 is 60.0. The molecule has 0 saturated carbocycles. The number of aliphatic carboxylic acids is 2. The third-order valence-electron chi connectivity index (χ3n) is 7.09. The van der Waals surface area contributed by atoms with E-state index >= 15 is 0 Å². The summed E-state index contributed by atoms with van der Waals surface area (Å²) in [5, 5.41) is 22.4. The molecule has 0 radical (unpaired) electrons. The highest BCUT2D eigenvalue weighted by molar-refractivity contribution is 6.08. The molecule has 3 aromatic rings. The smallest absolute Gasteiger partial charge is 0.416 e. The van der Waals surface area contributed by atoms with Gasteiger partial charge in [0.05, 0.1) is 36.9 Å². The third kappa shape index (κ3) is 8.69. The van der Waals surface area contributed by atoms with Gasteiger partial charge in [0, 0.05) is 43.0 Å². The van der Waals surface area contributed by atoms with Crippen LogP contribution in [0.3, 0.4) is 0 Å². The lowest BCUT2D eigenvalue weighted by Crippen LogP contribution is -2.53. The van der Waals surface area contributed by atoms with Crippen LogP contribution >= 0.6 is 0 Å². The topological polar surface area (TPSA) is 123 Å². The van der Waals surface area contributed by atoms with Crippen LogP contribution in [0, 0.1) is 5.82 Å². The number of anilines is 2. The van der Waals surface area contributed by atoms with Crippen molar-refractivity contribution in [3.8, 4) is 5.75 Å². The molecule has 2 heterocycles. The molecule has 1 atom stereocenters. The van der Waals surface area contributed by atoms with Crippen molar-refractivity contribution in [2.75, 3.05) is 32.1 Å². The number of nitrogens with one attached hydrogen (secondary N) is 2. The molecule has 0 aliphatic carbocycles. The second kappa shape index (κ2) is 14.2. The quantitative estimate of drug-likeness (QED) is 0.245. The molecule has 1 saturated heterocycles. The number of hydrogen-bond donors (Lipinski definition) is 4. The number of nitrogens with zero attached hydrogens (tertiary/aromatic N) is 2. The van der Waals surface area contributed by atoms with Crippen LogP contribution in [0.1, 0.15) is 36.0 Å². The van der Waals surface area contributed by atoms with Gasteiger partial charge in [0.15, 0.2) is 0 Å². The van der Waals surface area contributed by atoms with Crippen LogP contribution in [0.5, 0.6) is 5.75 Å². The fraction of sp³-hybridized carbons (Fsp3) is 0.323. The maximum absolute atomic E-state index is 14.0. The zero-order valence-electron chi connectivity index (χ0n) is 23.8. The first-order valence-corrected chi connectivity index (χ1v) is 13.8. The Morgan fingerprint density at radius 1 is 1.00 bits per heavy atom. The van der Waals surface area contributed by atoms with Crippen LogP contribution in [0.15, 0.2) is 65.7 Å². The molecular weight excluding hydrogens is 584 g/mol. The number of carbonyl (C=O) groups is 2. The Balaban J connectivity index is 0.000000488. The summed E-state index contributed by atoms with van der Waals surface area (Å²) in [5.74, 6) is -1.41. The van der Waals surface area contributed by atoms with E-state index in [2.05, 4.69) is 10.6 Å². The maximum Gasteiger partial charge on any atom is 0.416 e. The fourth-order valence-corrected chi connectivity index (χ4v) is 4.84. The van der Waals surface area contributed by atoms with Gasteiger partial charge in [-0.3, -0.25) is 9.59 Å². The van der Waals surface area contributed by atoms with Crippen LogP contribution in [-0.2, 0) is 22.2 Å². The first kappa shape index (κ1) is 32.3. The highest BCUT2D eigenvalue weighted by atomic mass is 19.4. The normalized spacial score (nSPS) is 15.8. The van der Waals surface area contributed by atoms with E-state index < -0.39 is 29.5 Å². The lowest BCUT2D eigenvalue weighted by molar-refractivity contribution is -0.143. The molecule has 0 aromatic heterocycles. The number of aryl methyl sites for hydroxylation is 1. The Labute approximate surface area is 251 Å². The monoisotopic (exact) mass is 616 g/mol. The maximum atomic E-state index is 14.0. The van der Waals surface area contributed by atoms with Crippen molar-refractivity contribution in [1.82, 2.24) is 10.2 Å². The number of ether oxygens (including phenoxy) is 1. The van der Waals surface area contributed by atoms with Crippen molar-refractivity contribution >= 4 is 34.8 Å². The van der Waals surface area contributed by atoms with Crippen molar-refractivity contribution in [2.45, 2.75) is 37.9 Å². The number of amidine groups is 1. The van der Waals surface area contributed by atoms with E-state index in [1.165, 1.54) is 23.8 Å². The number of carboxylic acids is 2.